The summed E-state index contributed by atoms with van der Waals surface area (Å²) in [5.41, 5.74) is 1.04. The van der Waals surface area contributed by atoms with Crippen molar-refractivity contribution < 1.29 is 4.92 Å². The van der Waals surface area contributed by atoms with Crippen LogP contribution < -0.4 is 0 Å². The van der Waals surface area contributed by atoms with Crippen LogP contribution in [0.5, 0.6) is 0 Å². The zero-order valence-corrected chi connectivity index (χ0v) is 8.39. The van der Waals surface area contributed by atoms with Gasteiger partial charge in [0, 0.05) is 5.56 Å². The van der Waals surface area contributed by atoms with Gasteiger partial charge in [-0.2, -0.15) is 0 Å². The zero-order valence-electron chi connectivity index (χ0n) is 6.88. The van der Waals surface area contributed by atoms with Gasteiger partial charge >= 0.3 is 0 Å². The summed E-state index contributed by atoms with van der Waals surface area (Å²) in [7, 11) is 0. The van der Waals surface area contributed by atoms with Crippen molar-refractivity contribution in [2.24, 2.45) is 0 Å². The summed E-state index contributed by atoms with van der Waals surface area (Å²) in [5, 5.41) is 10.8. The Morgan fingerprint density at radius 1 is 1.54 bits per heavy atom. The van der Waals surface area contributed by atoms with Crippen LogP contribution >= 0.6 is 23.2 Å². The molecule has 70 valence electrons. The minimum atomic E-state index is -0.507. The van der Waals surface area contributed by atoms with Crippen molar-refractivity contribution in [1.29, 1.82) is 0 Å². The fourth-order valence-electron chi connectivity index (χ4n) is 1.01. The summed E-state index contributed by atoms with van der Waals surface area (Å²) in [6, 6.07) is 3.33. The van der Waals surface area contributed by atoms with E-state index in [4.69, 9.17) is 23.2 Å². The fourth-order valence-corrected chi connectivity index (χ4v) is 1.48. The summed E-state index contributed by atoms with van der Waals surface area (Å²) in [5.74, 6) is 0.0936. The summed E-state index contributed by atoms with van der Waals surface area (Å²) in [6.07, 6.45) is 0. The number of hydrogen-bond acceptors (Lipinski definition) is 2. The molecule has 0 saturated carbocycles. The van der Waals surface area contributed by atoms with Gasteiger partial charge in [0.1, 0.15) is 5.02 Å². The Bertz CT molecular complexity index is 352. The molecule has 0 spiro atoms. The van der Waals surface area contributed by atoms with Crippen LogP contribution in [0.3, 0.4) is 0 Å². The van der Waals surface area contributed by atoms with Crippen molar-refractivity contribution in [3.63, 3.8) is 0 Å². The van der Waals surface area contributed by atoms with Crippen LogP contribution in [0, 0.1) is 17.0 Å². The van der Waals surface area contributed by atoms with Crippen LogP contribution in [0.1, 0.15) is 11.1 Å². The van der Waals surface area contributed by atoms with E-state index in [1.165, 1.54) is 0 Å². The smallest absolute Gasteiger partial charge is 0.258 e. The van der Waals surface area contributed by atoms with Crippen molar-refractivity contribution in [3.8, 4) is 0 Å². The predicted octanol–water partition coefficient (Wildman–Crippen LogP) is 3.30. The van der Waals surface area contributed by atoms with Crippen LogP contribution in [0.25, 0.3) is 0 Å². The van der Waals surface area contributed by atoms with Crippen molar-refractivity contribution in [2.45, 2.75) is 12.8 Å². The number of nitro groups is 1. The molecular weight excluding hydrogens is 213 g/mol. The van der Waals surface area contributed by atoms with E-state index in [2.05, 4.69) is 0 Å². The fraction of sp³-hybridized carbons (Fsp3) is 0.250. The Morgan fingerprint density at radius 3 is 2.62 bits per heavy atom. The lowest BCUT2D eigenvalue weighted by molar-refractivity contribution is -0.385. The molecule has 0 aliphatic carbocycles. The van der Waals surface area contributed by atoms with E-state index < -0.39 is 4.92 Å². The molecule has 0 radical (unpaired) electrons. The van der Waals surface area contributed by atoms with Gasteiger partial charge in [-0.05, 0) is 12.5 Å². The quantitative estimate of drug-likeness (QED) is 0.436. The highest BCUT2D eigenvalue weighted by atomic mass is 35.5. The topological polar surface area (TPSA) is 43.1 Å². The molecule has 1 aromatic rings. The van der Waals surface area contributed by atoms with Gasteiger partial charge in [0.2, 0.25) is 0 Å². The maximum absolute atomic E-state index is 10.6. The third kappa shape index (κ3) is 1.92. The first-order valence-electron chi connectivity index (χ1n) is 3.56. The summed E-state index contributed by atoms with van der Waals surface area (Å²) < 4.78 is 0. The Morgan fingerprint density at radius 2 is 2.15 bits per heavy atom. The molecule has 1 aromatic carbocycles. The van der Waals surface area contributed by atoms with E-state index in [-0.39, 0.29) is 16.6 Å². The van der Waals surface area contributed by atoms with Crippen LogP contribution in [0.15, 0.2) is 12.1 Å². The van der Waals surface area contributed by atoms with E-state index in [0.717, 1.165) is 0 Å². The molecule has 3 nitrogen and oxygen atoms in total. The minimum absolute atomic E-state index is 0.0864. The molecule has 13 heavy (non-hydrogen) atoms. The molecular formula is C8H7Cl2NO2. The second-order valence-corrected chi connectivity index (χ2v) is 3.24. The summed E-state index contributed by atoms with van der Waals surface area (Å²) in [6.45, 7) is 1.72. The third-order valence-electron chi connectivity index (χ3n) is 1.72. The molecule has 0 N–H and O–H groups in total. The normalized spacial score (nSPS) is 10.1. The van der Waals surface area contributed by atoms with Crippen molar-refractivity contribution in [1.82, 2.24) is 0 Å². The Hall–Kier alpha value is -0.800. The minimum Gasteiger partial charge on any atom is -0.258 e. The molecule has 5 heteroatoms. The summed E-state index contributed by atoms with van der Waals surface area (Å²) in [4.78, 5) is 10.1. The first kappa shape index (κ1) is 10.3. The zero-order chi connectivity index (χ0) is 10.0. The number of nitrogens with zero attached hydrogens (tertiary/aromatic N) is 1. The van der Waals surface area contributed by atoms with Crippen LogP contribution in [0.4, 0.5) is 5.69 Å². The molecule has 0 saturated heterocycles. The van der Waals surface area contributed by atoms with Crippen molar-refractivity contribution in [2.75, 3.05) is 0 Å². The number of hydrogen-bond donors (Lipinski definition) is 0. The van der Waals surface area contributed by atoms with E-state index in [0.29, 0.717) is 11.1 Å². The van der Waals surface area contributed by atoms with Gasteiger partial charge in [-0.1, -0.05) is 23.7 Å². The molecule has 0 amide bonds. The highest BCUT2D eigenvalue weighted by Crippen LogP contribution is 2.32. The van der Waals surface area contributed by atoms with Gasteiger partial charge in [-0.3, -0.25) is 10.1 Å². The van der Waals surface area contributed by atoms with Crippen LogP contribution in [0.2, 0.25) is 5.02 Å². The molecule has 0 fully saturated rings. The van der Waals surface area contributed by atoms with Crippen LogP contribution in [-0.2, 0) is 5.88 Å². The first-order valence-corrected chi connectivity index (χ1v) is 4.47. The Kier molecular flexibility index (Phi) is 3.12. The lowest BCUT2D eigenvalue weighted by atomic mass is 10.1. The van der Waals surface area contributed by atoms with E-state index >= 15 is 0 Å². The number of halogens is 2. The number of alkyl halides is 1. The number of rotatable bonds is 2. The standard InChI is InChI=1S/C8H7Cl2NO2/c1-5-2-3-6(4-9)8(7(5)10)11(12)13/h2-3H,4H2,1H3. The average molecular weight is 220 g/mol. The Balaban J connectivity index is 3.41. The van der Waals surface area contributed by atoms with E-state index in [1.807, 2.05) is 0 Å². The molecule has 0 unspecified atom stereocenters. The van der Waals surface area contributed by atoms with Gasteiger partial charge in [0.05, 0.1) is 10.8 Å². The van der Waals surface area contributed by atoms with Crippen molar-refractivity contribution in [3.05, 3.63) is 38.4 Å². The monoisotopic (exact) mass is 219 g/mol. The highest BCUT2D eigenvalue weighted by molar-refractivity contribution is 6.33. The molecule has 0 bridgehead atoms. The molecule has 1 rings (SSSR count). The molecule has 0 atom stereocenters. The van der Waals surface area contributed by atoms with E-state index in [9.17, 15) is 10.1 Å². The molecule has 0 aromatic heterocycles. The number of aryl methyl sites for hydroxylation is 1. The van der Waals surface area contributed by atoms with Gasteiger partial charge in [0.25, 0.3) is 5.69 Å². The second kappa shape index (κ2) is 3.94. The number of nitro benzene ring substituents is 1. The first-order chi connectivity index (χ1) is 6.07. The lowest BCUT2D eigenvalue weighted by Gasteiger charge is -2.02. The van der Waals surface area contributed by atoms with Crippen molar-refractivity contribution >= 4 is 28.9 Å². The molecule has 0 heterocycles. The SMILES string of the molecule is Cc1ccc(CCl)c([N+](=O)[O-])c1Cl. The van der Waals surface area contributed by atoms with Crippen LogP contribution in [-0.4, -0.2) is 4.92 Å². The van der Waals surface area contributed by atoms with Gasteiger partial charge in [0.15, 0.2) is 0 Å². The van der Waals surface area contributed by atoms with Gasteiger partial charge in [-0.15, -0.1) is 11.6 Å². The lowest BCUT2D eigenvalue weighted by Crippen LogP contribution is -1.95. The molecule has 0 aliphatic rings. The van der Waals surface area contributed by atoms with E-state index in [1.54, 1.807) is 19.1 Å². The highest BCUT2D eigenvalue weighted by Gasteiger charge is 2.19. The maximum atomic E-state index is 10.6. The predicted molar refractivity (Wildman–Crippen MR) is 52.4 cm³/mol. The summed E-state index contributed by atoms with van der Waals surface area (Å²) >= 11 is 11.3. The average Bonchev–Trinajstić information content (AvgIpc) is 2.08. The third-order valence-corrected chi connectivity index (χ3v) is 2.48. The van der Waals surface area contributed by atoms with Gasteiger partial charge in [-0.25, -0.2) is 0 Å². The number of benzene rings is 1. The van der Waals surface area contributed by atoms with Gasteiger partial charge < -0.3 is 0 Å². The maximum Gasteiger partial charge on any atom is 0.292 e. The molecule has 0 aliphatic heterocycles. The largest absolute Gasteiger partial charge is 0.292 e. The Labute approximate surface area is 85.4 Å². The second-order valence-electron chi connectivity index (χ2n) is 2.59.